The van der Waals surface area contributed by atoms with Crippen molar-refractivity contribution in [2.24, 2.45) is 0 Å². The number of thioether (sulfide) groups is 4. The lowest BCUT2D eigenvalue weighted by molar-refractivity contribution is -0.137. The Morgan fingerprint density at radius 2 is 0.759 bits per heavy atom. The number of hydrogen-bond acceptors (Lipinski definition) is 21. The molecular formula is C70H43Cl9N12O12S5. The number of benzene rings is 6. The number of ether oxygens (including phenoxy) is 1. The average molecular weight is 1720 g/mol. The second-order valence-electron chi connectivity index (χ2n) is 22.2. The Labute approximate surface area is 675 Å². The molecule has 0 spiro atoms. The van der Waals surface area contributed by atoms with Crippen molar-refractivity contribution in [2.75, 3.05) is 6.61 Å². The minimum absolute atomic E-state index is 0.0271. The molecule has 6 aromatic heterocycles. The number of esters is 1. The summed E-state index contributed by atoms with van der Waals surface area (Å²) in [6, 6.07) is 39.7. The molecular weight excluding hydrogens is 1680 g/mol. The number of aromatic nitrogens is 12. The van der Waals surface area contributed by atoms with Crippen molar-refractivity contribution in [2.45, 2.75) is 42.5 Å². The Kier molecular flexibility index (Phi) is 26.9. The summed E-state index contributed by atoms with van der Waals surface area (Å²) >= 11 is 66.9. The van der Waals surface area contributed by atoms with Gasteiger partial charge >= 0.3 is 29.0 Å². The monoisotopic (exact) mass is 1720 g/mol. The molecule has 0 amide bonds. The third kappa shape index (κ3) is 19.4. The molecule has 548 valence electrons. The van der Waals surface area contributed by atoms with Gasteiger partial charge in [0.2, 0.25) is 10.2 Å². The minimum Gasteiger partial charge on any atom is -0.478 e. The van der Waals surface area contributed by atoms with Gasteiger partial charge in [-0.1, -0.05) is 188 Å². The van der Waals surface area contributed by atoms with Crippen LogP contribution in [0.4, 0.5) is 0 Å². The zero-order chi connectivity index (χ0) is 77.2. The number of halogens is 9. The zero-order valence-electron chi connectivity index (χ0n) is 54.0. The Hall–Kier alpha value is -8.76. The van der Waals surface area contributed by atoms with Crippen molar-refractivity contribution in [3.05, 3.63) is 341 Å². The van der Waals surface area contributed by atoms with Gasteiger partial charge in [-0.2, -0.15) is 29.3 Å². The quantitative estimate of drug-likeness (QED) is 0.0285. The number of hydrogen-bond donors (Lipinski definition) is 5. The Bertz CT molecular complexity index is 5570. The van der Waals surface area contributed by atoms with Crippen molar-refractivity contribution in [1.29, 1.82) is 0 Å². The van der Waals surface area contributed by atoms with Gasteiger partial charge < -0.3 is 9.84 Å². The molecule has 4 N–H and O–H groups in total. The molecule has 0 aliphatic carbocycles. The lowest BCUT2D eigenvalue weighted by Crippen LogP contribution is -2.30. The van der Waals surface area contributed by atoms with Crippen LogP contribution in [-0.2, 0) is 9.53 Å². The first-order valence-corrected chi connectivity index (χ1v) is 38.1. The molecule has 0 saturated carbocycles. The van der Waals surface area contributed by atoms with Crippen LogP contribution in [0.2, 0.25) is 45.2 Å². The van der Waals surface area contributed by atoms with Gasteiger partial charge in [0, 0.05) is 86.9 Å². The van der Waals surface area contributed by atoms with E-state index in [2.05, 4.69) is 57.8 Å². The normalized spacial score (nSPS) is 13.2. The summed E-state index contributed by atoms with van der Waals surface area (Å²) in [5, 5.41) is 22.2. The number of pyridine rings is 3. The summed E-state index contributed by atoms with van der Waals surface area (Å²) in [5.41, 5.74) is 1.09. The molecule has 13 rings (SSSR count). The number of aromatic carboxylic acids is 1. The van der Waals surface area contributed by atoms with E-state index in [0.29, 0.717) is 59.4 Å². The number of aromatic amines is 3. The largest absolute Gasteiger partial charge is 0.478 e. The standard InChI is InChI=1S/C26H17Cl3N4O5S2.C22H13Cl3N4O4S.C22H13Cl3N4O3S2/c27-14-5-3-13(4-6-14)22(21-17(28)10-15(11-18(21)29)33-26(37)32-20(34)12-31-33)40-23-16(2-1-8-30-23)25(36)39-19-7-9-38-24(19)35;23-12-5-3-11(4-6-12)19(34-20-14(21(31)32)2-1-7-26-20)18-15(24)8-13(9-16(18)25)29-22(33)28-17(30)10-27-29;23-12-5-3-11(4-6-12)19(34-20-14(21(31)33)2-1-7-26-20)18-15(24)8-13(9-16(18)25)29-22(32)28-17(30)10-27-29/h1-6,8,10-12,19,22H,7,9H2,(H,32,34,37);1-10,19H,(H,31,32)(H,28,30,33);1-10,19H,(H,31,33)(H,28,30,32). The first-order valence-electron chi connectivity index (χ1n) is 30.7. The maximum absolute atomic E-state index is 13.2. The van der Waals surface area contributed by atoms with Crippen LogP contribution in [-0.4, -0.2) is 98.4 Å². The number of nitrogens with one attached hydrogen (secondary N) is 3. The number of nitrogens with zero attached hydrogens (tertiary/aromatic N) is 9. The van der Waals surface area contributed by atoms with Crippen LogP contribution in [0.1, 0.15) is 86.6 Å². The lowest BCUT2D eigenvalue weighted by Gasteiger charge is -2.22. The van der Waals surface area contributed by atoms with Crippen LogP contribution < -0.4 is 33.7 Å². The van der Waals surface area contributed by atoms with Crippen LogP contribution in [0.25, 0.3) is 17.1 Å². The fourth-order valence-electron chi connectivity index (χ4n) is 10.3. The highest BCUT2D eigenvalue weighted by Crippen LogP contribution is 2.51. The molecule has 108 heavy (non-hydrogen) atoms. The van der Waals surface area contributed by atoms with Gasteiger partial charge in [-0.05, 0) is 126 Å². The average Bonchev–Trinajstić information content (AvgIpc) is 0.797. The molecule has 4 unspecified atom stereocenters. The van der Waals surface area contributed by atoms with Crippen LogP contribution >= 0.6 is 164 Å². The van der Waals surface area contributed by atoms with E-state index in [9.17, 15) is 53.1 Å². The number of carbonyl (C=O) groups is 4. The van der Waals surface area contributed by atoms with Gasteiger partial charge in [-0.3, -0.25) is 43.7 Å². The SMILES string of the molecule is O=C(O)c1cccnc1SC(c1ccc(Cl)cc1)c1c(Cl)cc(-n2ncc(=O)[nH]c2=O)cc1Cl.O=C(S)c1cccnc1SC(c1ccc(Cl)cc1)c1c(Cl)cc(-n2ncc(=O)[nH]c2=O)cc1Cl.O=C(SC1CCOC1=O)c1cccnc1SC(c1ccc(Cl)cc1)c1c(Cl)cc(-n2ncc(=O)[nH]c2=O)cc1Cl. The first-order chi connectivity index (χ1) is 51.7. The van der Waals surface area contributed by atoms with Crippen LogP contribution in [0.5, 0.6) is 0 Å². The maximum atomic E-state index is 13.2. The Balaban J connectivity index is 0.000000162. The van der Waals surface area contributed by atoms with Crippen molar-refractivity contribution in [3.8, 4) is 17.1 Å². The van der Waals surface area contributed by atoms with Gasteiger partial charge in [-0.15, -0.1) is 12.6 Å². The van der Waals surface area contributed by atoms with Crippen LogP contribution in [0.3, 0.4) is 0 Å². The molecule has 1 aliphatic rings. The van der Waals surface area contributed by atoms with E-state index in [1.165, 1.54) is 78.3 Å². The van der Waals surface area contributed by atoms with E-state index >= 15 is 0 Å². The molecule has 1 aliphatic heterocycles. The van der Waals surface area contributed by atoms with E-state index in [1.54, 1.807) is 85.2 Å². The molecule has 0 radical (unpaired) electrons. The molecule has 1 fully saturated rings. The molecule has 24 nitrogen and oxygen atoms in total. The van der Waals surface area contributed by atoms with E-state index < -0.39 is 71.8 Å². The highest BCUT2D eigenvalue weighted by atomic mass is 35.5. The maximum Gasteiger partial charge on any atom is 0.349 e. The second-order valence-corrected chi connectivity index (χ2v) is 30.8. The highest BCUT2D eigenvalue weighted by Gasteiger charge is 2.33. The smallest absolute Gasteiger partial charge is 0.349 e. The van der Waals surface area contributed by atoms with Gasteiger partial charge in [-0.25, -0.2) is 34.1 Å². The van der Waals surface area contributed by atoms with Crippen LogP contribution in [0, 0.1) is 0 Å². The van der Waals surface area contributed by atoms with E-state index in [-0.39, 0.29) is 69.5 Å². The Morgan fingerprint density at radius 1 is 0.454 bits per heavy atom. The molecule has 1 saturated heterocycles. The predicted molar refractivity (Wildman–Crippen MR) is 423 cm³/mol. The van der Waals surface area contributed by atoms with Crippen molar-refractivity contribution in [1.82, 2.24) is 59.2 Å². The fourth-order valence-corrected chi connectivity index (χ4v) is 18.3. The Morgan fingerprint density at radius 3 is 1.06 bits per heavy atom. The van der Waals surface area contributed by atoms with E-state index in [1.807, 2.05) is 24.3 Å². The van der Waals surface area contributed by atoms with E-state index in [0.717, 1.165) is 72.9 Å². The molecule has 0 bridgehead atoms. The lowest BCUT2D eigenvalue weighted by atomic mass is 10.0. The third-order valence-corrected chi connectivity index (χ3v) is 23.1. The van der Waals surface area contributed by atoms with Gasteiger partial charge in [0.1, 0.15) is 38.9 Å². The summed E-state index contributed by atoms with van der Waals surface area (Å²) in [6.45, 7) is 0.283. The second kappa shape index (κ2) is 36.2. The molecule has 38 heteroatoms. The summed E-state index contributed by atoms with van der Waals surface area (Å²) in [5.74, 6) is -1.54. The minimum atomic E-state index is -1.12. The summed E-state index contributed by atoms with van der Waals surface area (Å²) in [4.78, 5) is 139. The fraction of sp³-hybridized carbons (Fsp3) is 0.0857. The van der Waals surface area contributed by atoms with E-state index in [4.69, 9.17) is 109 Å². The first kappa shape index (κ1) is 80.3. The number of cyclic esters (lactones) is 1. The number of carboxylic acid groups (broad SMARTS) is 1. The highest BCUT2D eigenvalue weighted by molar-refractivity contribution is 8.15. The number of rotatable bonds is 19. The number of thiol groups is 1. The van der Waals surface area contributed by atoms with Crippen molar-refractivity contribution in [3.63, 3.8) is 0 Å². The zero-order valence-corrected chi connectivity index (χ0v) is 65.0. The molecule has 7 heterocycles. The van der Waals surface area contributed by atoms with Crippen molar-refractivity contribution < 1.29 is 29.0 Å². The number of H-pyrrole nitrogens is 3. The van der Waals surface area contributed by atoms with Gasteiger partial charge in [0.15, 0.2) is 0 Å². The molecule has 12 aromatic rings. The predicted octanol–water partition coefficient (Wildman–Crippen LogP) is 15.4. The topological polar surface area (TPSA) is 340 Å². The van der Waals surface area contributed by atoms with Gasteiger partial charge in [0.25, 0.3) is 16.7 Å². The summed E-state index contributed by atoms with van der Waals surface area (Å²) < 4.78 is 7.88. The number of carbonyl (C=O) groups excluding carboxylic acids is 3. The molecule has 6 aromatic carbocycles. The summed E-state index contributed by atoms with van der Waals surface area (Å²) in [7, 11) is 0. The summed E-state index contributed by atoms with van der Waals surface area (Å²) in [6.07, 6.45) is 7.98. The van der Waals surface area contributed by atoms with Gasteiger partial charge in [0.05, 0.1) is 56.1 Å². The van der Waals surface area contributed by atoms with Crippen LogP contribution in [0.15, 0.2) is 227 Å². The number of carboxylic acids is 1. The molecule has 4 atom stereocenters. The third-order valence-electron chi connectivity index (χ3n) is 15.2. The van der Waals surface area contributed by atoms with Crippen molar-refractivity contribution >= 4 is 186 Å².